The maximum absolute atomic E-state index is 12.4. The van der Waals surface area contributed by atoms with Crippen LogP contribution in [0.3, 0.4) is 0 Å². The monoisotopic (exact) mass is 367 g/mol. The van der Waals surface area contributed by atoms with E-state index in [1.54, 1.807) is 6.20 Å². The topological polar surface area (TPSA) is 54.3 Å². The minimum atomic E-state index is 0.283. The van der Waals surface area contributed by atoms with E-state index in [-0.39, 0.29) is 5.91 Å². The minimum Gasteiger partial charge on any atom is -0.336 e. The van der Waals surface area contributed by atoms with Crippen LogP contribution in [0.4, 0.5) is 0 Å². The van der Waals surface area contributed by atoms with Crippen LogP contribution >= 0.6 is 0 Å². The summed E-state index contributed by atoms with van der Waals surface area (Å²) in [5.41, 5.74) is 2.59. The van der Waals surface area contributed by atoms with Gasteiger partial charge in [-0.2, -0.15) is 5.10 Å². The second-order valence-electron chi connectivity index (χ2n) is 8.18. The van der Waals surface area contributed by atoms with Crippen molar-refractivity contribution in [1.82, 2.24) is 24.6 Å². The third kappa shape index (κ3) is 4.38. The Bertz CT molecular complexity index is 764. The summed E-state index contributed by atoms with van der Waals surface area (Å²) in [5, 5.41) is 4.25. The number of pyridine rings is 1. The number of hydrogen-bond donors (Lipinski definition) is 0. The molecule has 27 heavy (non-hydrogen) atoms. The smallest absolute Gasteiger partial charge is 0.222 e. The Morgan fingerprint density at radius 1 is 1.19 bits per heavy atom. The first-order valence-corrected chi connectivity index (χ1v) is 10.00. The summed E-state index contributed by atoms with van der Waals surface area (Å²) in [7, 11) is 1.97. The summed E-state index contributed by atoms with van der Waals surface area (Å²) in [6.45, 7) is 4.89. The second kappa shape index (κ2) is 7.80. The van der Waals surface area contributed by atoms with Crippen molar-refractivity contribution >= 4 is 5.91 Å². The molecule has 1 amide bonds. The molecule has 4 heterocycles. The molecule has 4 rings (SSSR count). The van der Waals surface area contributed by atoms with Gasteiger partial charge in [-0.05, 0) is 61.9 Å². The van der Waals surface area contributed by atoms with Crippen LogP contribution < -0.4 is 0 Å². The van der Waals surface area contributed by atoms with Gasteiger partial charge < -0.3 is 9.80 Å². The quantitative estimate of drug-likeness (QED) is 0.813. The largest absolute Gasteiger partial charge is 0.336 e. The molecule has 0 radical (unpaired) electrons. The van der Waals surface area contributed by atoms with Gasteiger partial charge in [0, 0.05) is 39.0 Å². The number of likely N-dealkylation sites (tertiary alicyclic amines) is 2. The van der Waals surface area contributed by atoms with E-state index >= 15 is 0 Å². The number of rotatable bonds is 5. The Morgan fingerprint density at radius 2 is 2.04 bits per heavy atom. The standard InChI is InChI=1S/C21H29N5O/c1-24-15-18(14-23-24)6-11-25-12-8-21(9-13-25)7-5-20(27)26(17-21)16-19-4-2-3-10-22-19/h2-4,10,14-15H,5-9,11-13,16-17H2,1H3. The lowest BCUT2D eigenvalue weighted by atomic mass is 9.72. The molecule has 2 aromatic heterocycles. The van der Waals surface area contributed by atoms with Gasteiger partial charge in [0.1, 0.15) is 0 Å². The Balaban J connectivity index is 1.31. The molecule has 0 N–H and O–H groups in total. The van der Waals surface area contributed by atoms with Gasteiger partial charge in [-0.25, -0.2) is 0 Å². The molecular formula is C21H29N5O. The van der Waals surface area contributed by atoms with Gasteiger partial charge in [0.15, 0.2) is 0 Å². The van der Waals surface area contributed by atoms with E-state index in [0.29, 0.717) is 18.4 Å². The van der Waals surface area contributed by atoms with Crippen molar-refractivity contribution in [3.63, 3.8) is 0 Å². The van der Waals surface area contributed by atoms with E-state index in [9.17, 15) is 4.79 Å². The fraction of sp³-hybridized carbons (Fsp3) is 0.571. The number of aromatic nitrogens is 3. The number of carbonyl (C=O) groups excluding carboxylic acids is 1. The van der Waals surface area contributed by atoms with E-state index < -0.39 is 0 Å². The third-order valence-electron chi connectivity index (χ3n) is 6.22. The maximum atomic E-state index is 12.4. The van der Waals surface area contributed by atoms with Crippen molar-refractivity contribution in [2.45, 2.75) is 38.6 Å². The fourth-order valence-corrected chi connectivity index (χ4v) is 4.48. The van der Waals surface area contributed by atoms with Gasteiger partial charge in [0.2, 0.25) is 5.91 Å². The molecule has 0 unspecified atom stereocenters. The molecule has 2 saturated heterocycles. The van der Waals surface area contributed by atoms with Gasteiger partial charge in [-0.15, -0.1) is 0 Å². The average Bonchev–Trinajstić information content (AvgIpc) is 3.11. The Labute approximate surface area is 161 Å². The average molecular weight is 367 g/mol. The molecule has 0 aromatic carbocycles. The van der Waals surface area contributed by atoms with Gasteiger partial charge in [0.05, 0.1) is 18.4 Å². The van der Waals surface area contributed by atoms with Gasteiger partial charge in [-0.3, -0.25) is 14.5 Å². The number of nitrogens with zero attached hydrogens (tertiary/aromatic N) is 5. The molecular weight excluding hydrogens is 338 g/mol. The summed E-state index contributed by atoms with van der Waals surface area (Å²) < 4.78 is 1.87. The predicted octanol–water partition coefficient (Wildman–Crippen LogP) is 2.26. The van der Waals surface area contributed by atoms with E-state index in [1.165, 1.54) is 18.4 Å². The number of hydrogen-bond acceptors (Lipinski definition) is 4. The van der Waals surface area contributed by atoms with Gasteiger partial charge >= 0.3 is 0 Å². The molecule has 2 aliphatic heterocycles. The van der Waals surface area contributed by atoms with Crippen molar-refractivity contribution in [2.75, 3.05) is 26.2 Å². The maximum Gasteiger partial charge on any atom is 0.222 e. The lowest BCUT2D eigenvalue weighted by Gasteiger charge is -2.47. The lowest BCUT2D eigenvalue weighted by molar-refractivity contribution is -0.140. The fourth-order valence-electron chi connectivity index (χ4n) is 4.48. The first kappa shape index (κ1) is 18.2. The highest BCUT2D eigenvalue weighted by molar-refractivity contribution is 5.77. The number of carbonyl (C=O) groups is 1. The second-order valence-corrected chi connectivity index (χ2v) is 8.18. The highest BCUT2D eigenvalue weighted by Gasteiger charge is 2.40. The van der Waals surface area contributed by atoms with Crippen molar-refractivity contribution in [3.05, 3.63) is 48.0 Å². The SMILES string of the molecule is Cn1cc(CCN2CCC3(CCC(=O)N(Cc4ccccn4)C3)CC2)cn1. The highest BCUT2D eigenvalue weighted by atomic mass is 16.2. The van der Waals surface area contributed by atoms with Gasteiger partial charge in [0.25, 0.3) is 0 Å². The Kier molecular flexibility index (Phi) is 5.25. The van der Waals surface area contributed by atoms with Crippen molar-refractivity contribution in [3.8, 4) is 0 Å². The molecule has 6 nitrogen and oxygen atoms in total. The predicted molar refractivity (Wildman–Crippen MR) is 104 cm³/mol. The van der Waals surface area contributed by atoms with Crippen LogP contribution in [-0.4, -0.2) is 56.7 Å². The molecule has 6 heteroatoms. The molecule has 0 aliphatic carbocycles. The van der Waals surface area contributed by atoms with Crippen LogP contribution in [0.2, 0.25) is 0 Å². The third-order valence-corrected chi connectivity index (χ3v) is 6.22. The summed E-state index contributed by atoms with van der Waals surface area (Å²) in [5.74, 6) is 0.283. The van der Waals surface area contributed by atoms with Crippen LogP contribution in [-0.2, 0) is 24.8 Å². The molecule has 2 fully saturated rings. The van der Waals surface area contributed by atoms with Crippen molar-refractivity contribution < 1.29 is 4.79 Å². The first-order chi connectivity index (χ1) is 13.1. The first-order valence-electron chi connectivity index (χ1n) is 10.00. The van der Waals surface area contributed by atoms with E-state index in [4.69, 9.17) is 0 Å². The number of amides is 1. The zero-order valence-corrected chi connectivity index (χ0v) is 16.2. The Morgan fingerprint density at radius 3 is 2.74 bits per heavy atom. The van der Waals surface area contributed by atoms with Crippen LogP contribution in [0.1, 0.15) is 36.9 Å². The zero-order chi connectivity index (χ0) is 18.7. The molecule has 144 valence electrons. The Hall–Kier alpha value is -2.21. The molecule has 2 aromatic rings. The van der Waals surface area contributed by atoms with Crippen LogP contribution in [0, 0.1) is 5.41 Å². The summed E-state index contributed by atoms with van der Waals surface area (Å²) in [4.78, 5) is 21.4. The van der Waals surface area contributed by atoms with E-state index in [1.807, 2.05) is 41.0 Å². The normalized spacial score (nSPS) is 20.3. The van der Waals surface area contributed by atoms with Gasteiger partial charge in [-0.1, -0.05) is 6.07 Å². The highest BCUT2D eigenvalue weighted by Crippen LogP contribution is 2.40. The minimum absolute atomic E-state index is 0.283. The molecule has 0 atom stereocenters. The molecule has 0 saturated carbocycles. The van der Waals surface area contributed by atoms with Crippen molar-refractivity contribution in [2.24, 2.45) is 12.5 Å². The van der Waals surface area contributed by atoms with Crippen LogP contribution in [0.15, 0.2) is 36.8 Å². The van der Waals surface area contributed by atoms with E-state index in [0.717, 1.165) is 44.7 Å². The van der Waals surface area contributed by atoms with Crippen LogP contribution in [0.25, 0.3) is 0 Å². The van der Waals surface area contributed by atoms with Crippen molar-refractivity contribution in [1.29, 1.82) is 0 Å². The molecule has 0 bridgehead atoms. The lowest BCUT2D eigenvalue weighted by Crippen LogP contribution is -2.51. The number of piperidine rings is 2. The zero-order valence-electron chi connectivity index (χ0n) is 16.2. The van der Waals surface area contributed by atoms with E-state index in [2.05, 4.69) is 21.2 Å². The summed E-state index contributed by atoms with van der Waals surface area (Å²) in [6.07, 6.45) is 11.0. The summed E-state index contributed by atoms with van der Waals surface area (Å²) in [6, 6.07) is 5.92. The number of aryl methyl sites for hydroxylation is 1. The summed E-state index contributed by atoms with van der Waals surface area (Å²) >= 11 is 0. The van der Waals surface area contributed by atoms with Crippen LogP contribution in [0.5, 0.6) is 0 Å². The molecule has 1 spiro atoms. The molecule has 2 aliphatic rings.